The van der Waals surface area contributed by atoms with Crippen LogP contribution in [0.3, 0.4) is 0 Å². The molecule has 1 fully saturated rings. The van der Waals surface area contributed by atoms with Crippen LogP contribution in [0.15, 0.2) is 4.90 Å². The molecule has 0 aliphatic heterocycles. The largest absolute Gasteiger partial charge is 0.382 e. The summed E-state index contributed by atoms with van der Waals surface area (Å²) in [6.45, 7) is -0.190. The highest BCUT2D eigenvalue weighted by atomic mass is 32.2. The van der Waals surface area contributed by atoms with Gasteiger partial charge in [-0.15, -0.1) is 0 Å². The lowest BCUT2D eigenvalue weighted by Crippen LogP contribution is -2.34. The Morgan fingerprint density at radius 3 is 2.74 bits per heavy atom. The SMILES string of the molecule is NC(=O)C(O)CNc1snc(N)c1S(=O)(=O)C1CC1. The Hall–Kier alpha value is -1.39. The molecule has 1 heterocycles. The number of nitrogens with zero attached hydrogens (tertiary/aromatic N) is 1. The molecule has 0 bridgehead atoms. The molecule has 1 aromatic heterocycles. The van der Waals surface area contributed by atoms with E-state index in [-0.39, 0.29) is 22.3 Å². The summed E-state index contributed by atoms with van der Waals surface area (Å²) < 4.78 is 28.1. The molecule has 0 aromatic carbocycles. The molecule has 6 N–H and O–H groups in total. The summed E-state index contributed by atoms with van der Waals surface area (Å²) in [5.41, 5.74) is 10.5. The summed E-state index contributed by atoms with van der Waals surface area (Å²) in [5, 5.41) is 11.7. The van der Waals surface area contributed by atoms with Crippen molar-refractivity contribution >= 4 is 38.1 Å². The molecular formula is C9H14N4O4S2. The van der Waals surface area contributed by atoms with Gasteiger partial charge < -0.3 is 21.9 Å². The average molecular weight is 306 g/mol. The highest BCUT2D eigenvalue weighted by Crippen LogP contribution is 2.40. The number of anilines is 2. The second-order valence-electron chi connectivity index (χ2n) is 4.27. The molecule has 2 rings (SSSR count). The lowest BCUT2D eigenvalue weighted by molar-refractivity contribution is -0.125. The van der Waals surface area contributed by atoms with Crippen LogP contribution in [-0.4, -0.2) is 41.7 Å². The number of carbonyl (C=O) groups is 1. The molecule has 1 atom stereocenters. The first kappa shape index (κ1) is 14.0. The zero-order valence-corrected chi connectivity index (χ0v) is 11.5. The van der Waals surface area contributed by atoms with Gasteiger partial charge in [-0.3, -0.25) is 4.79 Å². The number of nitrogens with one attached hydrogen (secondary N) is 1. The van der Waals surface area contributed by atoms with E-state index in [0.29, 0.717) is 12.8 Å². The summed E-state index contributed by atoms with van der Waals surface area (Å²) in [6, 6.07) is 0. The number of aliphatic hydroxyl groups is 1. The minimum atomic E-state index is -3.49. The first-order valence-corrected chi connectivity index (χ1v) is 7.86. The smallest absolute Gasteiger partial charge is 0.248 e. The van der Waals surface area contributed by atoms with Gasteiger partial charge in [0, 0.05) is 0 Å². The van der Waals surface area contributed by atoms with Crippen LogP contribution in [0.5, 0.6) is 0 Å². The van der Waals surface area contributed by atoms with Gasteiger partial charge in [0.2, 0.25) is 5.91 Å². The number of nitrogens with two attached hydrogens (primary N) is 2. The van der Waals surface area contributed by atoms with Crippen molar-refractivity contribution in [2.75, 3.05) is 17.6 Å². The lowest BCUT2D eigenvalue weighted by Gasteiger charge is -2.09. The standard InChI is InChI=1S/C9H14N4O4S2/c10-7-6(19(16,17)4-1-2-4)9(18-13-7)12-3-5(14)8(11)15/h4-5,12,14H,1-3H2,(H2,10,13)(H2,11,15). The molecule has 1 amide bonds. The van der Waals surface area contributed by atoms with Crippen LogP contribution >= 0.6 is 11.5 Å². The van der Waals surface area contributed by atoms with E-state index in [2.05, 4.69) is 9.69 Å². The third-order valence-corrected chi connectivity index (χ3v) is 5.99. The van der Waals surface area contributed by atoms with Crippen molar-refractivity contribution in [1.82, 2.24) is 4.37 Å². The number of aliphatic hydroxyl groups excluding tert-OH is 1. The van der Waals surface area contributed by atoms with E-state index in [1.165, 1.54) is 0 Å². The summed E-state index contributed by atoms with van der Waals surface area (Å²) >= 11 is 0.873. The van der Waals surface area contributed by atoms with Gasteiger partial charge in [-0.05, 0) is 24.4 Å². The number of hydrogen-bond acceptors (Lipinski definition) is 8. The van der Waals surface area contributed by atoms with Crippen LogP contribution in [0.4, 0.5) is 10.8 Å². The molecule has 19 heavy (non-hydrogen) atoms. The Kier molecular flexibility index (Phi) is 3.65. The number of rotatable bonds is 6. The zero-order chi connectivity index (χ0) is 14.2. The number of sulfone groups is 1. The monoisotopic (exact) mass is 306 g/mol. The molecular weight excluding hydrogens is 292 g/mol. The van der Waals surface area contributed by atoms with E-state index >= 15 is 0 Å². The Morgan fingerprint density at radius 2 is 2.21 bits per heavy atom. The zero-order valence-electron chi connectivity index (χ0n) is 9.87. The maximum absolute atomic E-state index is 12.2. The van der Waals surface area contributed by atoms with Gasteiger partial charge in [-0.2, -0.15) is 4.37 Å². The third kappa shape index (κ3) is 2.80. The summed E-state index contributed by atoms with van der Waals surface area (Å²) in [5.74, 6) is -0.954. The maximum atomic E-state index is 12.2. The first-order valence-electron chi connectivity index (χ1n) is 5.54. The summed E-state index contributed by atoms with van der Waals surface area (Å²) in [4.78, 5) is 10.7. The Morgan fingerprint density at radius 1 is 1.58 bits per heavy atom. The maximum Gasteiger partial charge on any atom is 0.248 e. The molecule has 10 heteroatoms. The number of carbonyl (C=O) groups excluding carboxylic acids is 1. The van der Waals surface area contributed by atoms with Crippen molar-refractivity contribution in [3.8, 4) is 0 Å². The Balaban J connectivity index is 2.21. The van der Waals surface area contributed by atoms with E-state index in [0.717, 1.165) is 11.5 Å². The summed E-state index contributed by atoms with van der Waals surface area (Å²) in [6.07, 6.45) is -0.179. The molecule has 0 spiro atoms. The molecule has 1 aromatic rings. The first-order chi connectivity index (χ1) is 8.84. The topological polar surface area (TPSA) is 148 Å². The predicted molar refractivity (Wildman–Crippen MR) is 70.4 cm³/mol. The van der Waals surface area contributed by atoms with Crippen LogP contribution in [0.25, 0.3) is 0 Å². The predicted octanol–water partition coefficient (Wildman–Crippen LogP) is -1.08. The van der Waals surface area contributed by atoms with Gasteiger partial charge in [-0.25, -0.2) is 8.42 Å². The molecule has 1 aliphatic carbocycles. The Labute approximate surface area is 113 Å². The van der Waals surface area contributed by atoms with Crippen molar-refractivity contribution in [2.45, 2.75) is 29.1 Å². The Bertz CT molecular complexity index is 593. The number of aromatic nitrogens is 1. The molecule has 1 aliphatic rings. The molecule has 106 valence electrons. The number of primary amides is 1. The van der Waals surface area contributed by atoms with Gasteiger partial charge in [0.15, 0.2) is 15.7 Å². The molecule has 0 radical (unpaired) electrons. The lowest BCUT2D eigenvalue weighted by atomic mass is 10.3. The van der Waals surface area contributed by atoms with Crippen LogP contribution in [0.2, 0.25) is 0 Å². The van der Waals surface area contributed by atoms with E-state index in [1.807, 2.05) is 0 Å². The van der Waals surface area contributed by atoms with E-state index in [9.17, 15) is 18.3 Å². The van der Waals surface area contributed by atoms with Gasteiger partial charge in [-0.1, -0.05) is 0 Å². The van der Waals surface area contributed by atoms with Crippen molar-refractivity contribution in [3.63, 3.8) is 0 Å². The fourth-order valence-corrected chi connectivity index (χ4v) is 4.41. The number of hydrogen-bond donors (Lipinski definition) is 4. The van der Waals surface area contributed by atoms with Crippen LogP contribution in [0, 0.1) is 0 Å². The second-order valence-corrected chi connectivity index (χ2v) is 7.21. The van der Waals surface area contributed by atoms with Crippen molar-refractivity contribution in [1.29, 1.82) is 0 Å². The fourth-order valence-electron chi connectivity index (χ4n) is 1.52. The quantitative estimate of drug-likeness (QED) is 0.522. The van der Waals surface area contributed by atoms with E-state index in [4.69, 9.17) is 11.5 Å². The molecule has 8 nitrogen and oxygen atoms in total. The third-order valence-electron chi connectivity index (χ3n) is 2.71. The van der Waals surface area contributed by atoms with Crippen LogP contribution < -0.4 is 16.8 Å². The van der Waals surface area contributed by atoms with Gasteiger partial charge in [0.25, 0.3) is 0 Å². The van der Waals surface area contributed by atoms with Gasteiger partial charge >= 0.3 is 0 Å². The molecule has 0 saturated heterocycles. The average Bonchev–Trinajstić information content (AvgIpc) is 3.11. The normalized spacial score (nSPS) is 17.1. The highest BCUT2D eigenvalue weighted by Gasteiger charge is 2.40. The molecule has 1 unspecified atom stereocenters. The summed E-state index contributed by atoms with van der Waals surface area (Å²) in [7, 11) is -3.49. The van der Waals surface area contributed by atoms with Crippen LogP contribution in [0.1, 0.15) is 12.8 Å². The van der Waals surface area contributed by atoms with Gasteiger partial charge in [0.1, 0.15) is 16.0 Å². The number of amides is 1. The van der Waals surface area contributed by atoms with Crippen molar-refractivity contribution < 1.29 is 18.3 Å². The highest BCUT2D eigenvalue weighted by molar-refractivity contribution is 7.92. The van der Waals surface area contributed by atoms with E-state index in [1.54, 1.807) is 0 Å². The molecule has 1 saturated carbocycles. The van der Waals surface area contributed by atoms with Gasteiger partial charge in [0.05, 0.1) is 11.8 Å². The second kappa shape index (κ2) is 4.94. The van der Waals surface area contributed by atoms with Crippen LogP contribution in [-0.2, 0) is 14.6 Å². The van der Waals surface area contributed by atoms with E-state index < -0.39 is 27.1 Å². The minimum Gasteiger partial charge on any atom is -0.382 e. The van der Waals surface area contributed by atoms with Crippen molar-refractivity contribution in [3.05, 3.63) is 0 Å². The van der Waals surface area contributed by atoms with Crippen molar-refractivity contribution in [2.24, 2.45) is 5.73 Å². The fraction of sp³-hybridized carbons (Fsp3) is 0.556. The minimum absolute atomic E-state index is 0.0447. The number of nitrogen functional groups attached to an aromatic ring is 1.